The van der Waals surface area contributed by atoms with Crippen LogP contribution in [0.25, 0.3) is 0 Å². The highest BCUT2D eigenvalue weighted by atomic mass is 35.6. The summed E-state index contributed by atoms with van der Waals surface area (Å²) in [4.78, 5) is 0. The van der Waals surface area contributed by atoms with Crippen LogP contribution in [-0.4, -0.2) is 3.46 Å². The van der Waals surface area contributed by atoms with Crippen LogP contribution in [0.5, 0.6) is 0 Å². The highest BCUT2D eigenvalue weighted by Gasteiger charge is 1.72. The number of rotatable bonds is 0. The summed E-state index contributed by atoms with van der Waals surface area (Å²) in [7, 11) is 0. The van der Waals surface area contributed by atoms with Gasteiger partial charge in [-0.05, 0) is 3.46 Å². The summed E-state index contributed by atoms with van der Waals surface area (Å²) in [5.74, 6) is 0. The second-order valence-corrected chi connectivity index (χ2v) is 1.72. The van der Waals surface area contributed by atoms with Crippen LogP contribution in [0.3, 0.4) is 0 Å². The van der Waals surface area contributed by atoms with Crippen molar-refractivity contribution < 1.29 is 0 Å². The molecule has 5 heteroatoms. The molecule has 0 amide bonds. The fourth-order valence-electron chi connectivity index (χ4n) is 0. The predicted octanol–water partition coefficient (Wildman–Crippen LogP) is 2.17. The van der Waals surface area contributed by atoms with E-state index < -0.39 is 0 Å². The van der Waals surface area contributed by atoms with Gasteiger partial charge in [0.1, 0.15) is 0 Å². The highest BCUT2D eigenvalue weighted by molar-refractivity contribution is 6.50. The van der Waals surface area contributed by atoms with Crippen molar-refractivity contribution in [2.75, 3.05) is 0 Å². The quantitative estimate of drug-likeness (QED) is 0.487. The third-order valence-electron chi connectivity index (χ3n) is 0. The van der Waals surface area contributed by atoms with Crippen molar-refractivity contribution in [2.45, 2.75) is 0 Å². The van der Waals surface area contributed by atoms with Gasteiger partial charge in [-0.3, -0.25) is 0 Å². The average Bonchev–Trinajstić information content (AvgIpc) is 0.811. The summed E-state index contributed by atoms with van der Waals surface area (Å²) in [6.07, 6.45) is 0. The van der Waals surface area contributed by atoms with E-state index in [9.17, 15) is 0 Å². The molecule has 34 valence electrons. The first-order valence-corrected chi connectivity index (χ1v) is 1.52. The molecule has 0 saturated heterocycles. The zero-order valence-corrected chi connectivity index (χ0v) is 5.07. The van der Waals surface area contributed by atoms with Crippen molar-refractivity contribution in [1.82, 2.24) is 3.46 Å². The molecule has 0 aliphatic rings. The molecule has 0 radical (unpaired) electrons. The Hall–Kier alpha value is 1.12. The van der Waals surface area contributed by atoms with E-state index in [4.69, 9.17) is 0 Å². The van der Waals surface area contributed by atoms with E-state index in [1.807, 2.05) is 0 Å². The molecule has 0 aromatic rings. The molecule has 0 rings (SSSR count). The van der Waals surface area contributed by atoms with Gasteiger partial charge < -0.3 is 0 Å². The fourth-order valence-corrected chi connectivity index (χ4v) is 0. The monoisotopic (exact) mass is 155 g/mol. The van der Waals surface area contributed by atoms with Crippen LogP contribution in [0, 0.1) is 0 Å². The Bertz CT molecular complexity index is 8.36. The molecule has 0 aromatic carbocycles. The maximum Gasteiger partial charge on any atom is 0.0127 e. The molecular formula is HCl4N. The van der Waals surface area contributed by atoms with Crippen LogP contribution in [0.2, 0.25) is 0 Å². The van der Waals surface area contributed by atoms with Gasteiger partial charge >= 0.3 is 0 Å². The Balaban J connectivity index is 0. The zero-order chi connectivity index (χ0) is 3.58. The van der Waals surface area contributed by atoms with E-state index >= 15 is 0 Å². The lowest BCUT2D eigenvalue weighted by atomic mass is 13.9. The molecule has 0 bridgehead atoms. The van der Waals surface area contributed by atoms with Crippen LogP contribution in [0.15, 0.2) is 0 Å². The Labute approximate surface area is 51.5 Å². The molecule has 0 heterocycles. The van der Waals surface area contributed by atoms with Gasteiger partial charge in [-0.15, -0.1) is 12.4 Å². The lowest BCUT2D eigenvalue weighted by Gasteiger charge is -1.74. The van der Waals surface area contributed by atoms with Crippen LogP contribution in [0.4, 0.5) is 0 Å². The van der Waals surface area contributed by atoms with Gasteiger partial charge in [0.05, 0.1) is 0 Å². The smallest absolute Gasteiger partial charge is 0.0127 e. The predicted molar refractivity (Wildman–Crippen MR) is 26.6 cm³/mol. The van der Waals surface area contributed by atoms with Crippen molar-refractivity contribution in [1.29, 1.82) is 0 Å². The standard InChI is InChI=1S/Cl3N.ClH/c1-4(2)3;/h;1H. The first-order chi connectivity index (χ1) is 1.73. The maximum atomic E-state index is 4.64. The summed E-state index contributed by atoms with van der Waals surface area (Å²) in [5.41, 5.74) is 0. The zero-order valence-electron chi connectivity index (χ0n) is 1.99. The molecule has 0 atom stereocenters. The molecular weight excluding hydrogens is 156 g/mol. The second kappa shape index (κ2) is 5.12. The lowest BCUT2D eigenvalue weighted by Crippen LogP contribution is -1.62. The Kier molecular flexibility index (Phi) is 9.68. The highest BCUT2D eigenvalue weighted by Crippen LogP contribution is 1.99. The van der Waals surface area contributed by atoms with Crippen LogP contribution < -0.4 is 0 Å². The van der Waals surface area contributed by atoms with Gasteiger partial charge in [0, 0.05) is 35.3 Å². The molecule has 0 spiro atoms. The summed E-state index contributed by atoms with van der Waals surface area (Å²) in [6.45, 7) is 0. The van der Waals surface area contributed by atoms with E-state index in [1.54, 1.807) is 0 Å². The first-order valence-electron chi connectivity index (χ1n) is 0.507. The number of nitrogens with zero attached hydrogens (tertiary/aromatic N) is 1. The van der Waals surface area contributed by atoms with Gasteiger partial charge in [-0.2, -0.15) is 0 Å². The minimum absolute atomic E-state index is 0. The third-order valence-corrected chi connectivity index (χ3v) is 0. The topological polar surface area (TPSA) is 3.24 Å². The van der Waals surface area contributed by atoms with E-state index in [-0.39, 0.29) is 12.4 Å². The molecule has 0 aliphatic heterocycles. The second-order valence-electron chi connectivity index (χ2n) is 0.192. The summed E-state index contributed by atoms with van der Waals surface area (Å²) in [6, 6.07) is 0. The van der Waals surface area contributed by atoms with Crippen molar-refractivity contribution in [2.24, 2.45) is 0 Å². The normalized spacial score (nSPS) is 7.20. The van der Waals surface area contributed by atoms with Gasteiger partial charge in [-0.25, -0.2) is 0 Å². The summed E-state index contributed by atoms with van der Waals surface area (Å²) in [5, 5.41) is 0. The van der Waals surface area contributed by atoms with Crippen LogP contribution in [0.1, 0.15) is 0 Å². The molecule has 0 fully saturated rings. The minimum Gasteiger partial charge on any atom is -0.147 e. The van der Waals surface area contributed by atoms with E-state index in [0.717, 1.165) is 0 Å². The van der Waals surface area contributed by atoms with Crippen molar-refractivity contribution >= 4 is 47.7 Å². The van der Waals surface area contributed by atoms with Gasteiger partial charge in [-0.1, -0.05) is 0 Å². The number of hydrogen-bond donors (Lipinski definition) is 0. The first kappa shape index (κ1) is 9.45. The fraction of sp³-hybridized carbons (Fsp3) is 0. The summed E-state index contributed by atoms with van der Waals surface area (Å²) < 4.78 is 0.417. The molecule has 0 N–H and O–H groups in total. The van der Waals surface area contributed by atoms with E-state index in [1.165, 1.54) is 0 Å². The lowest BCUT2D eigenvalue weighted by molar-refractivity contribution is 1.20. The van der Waals surface area contributed by atoms with Crippen LogP contribution in [-0.2, 0) is 0 Å². The van der Waals surface area contributed by atoms with Crippen LogP contribution >= 0.6 is 47.7 Å². The molecule has 0 saturated carbocycles. The van der Waals surface area contributed by atoms with Gasteiger partial charge in [0.2, 0.25) is 0 Å². The van der Waals surface area contributed by atoms with Gasteiger partial charge in [0.15, 0.2) is 0 Å². The Morgan fingerprint density at radius 2 is 1.00 bits per heavy atom. The SMILES string of the molecule is Cl.ClN(Cl)Cl. The Morgan fingerprint density at radius 1 is 1.00 bits per heavy atom. The van der Waals surface area contributed by atoms with Crippen molar-refractivity contribution in [3.63, 3.8) is 0 Å². The van der Waals surface area contributed by atoms with Crippen molar-refractivity contribution in [3.8, 4) is 0 Å². The minimum atomic E-state index is 0. The average molecular weight is 157 g/mol. The Morgan fingerprint density at radius 3 is 1.00 bits per heavy atom. The van der Waals surface area contributed by atoms with Gasteiger partial charge in [0.25, 0.3) is 0 Å². The van der Waals surface area contributed by atoms with Crippen molar-refractivity contribution in [3.05, 3.63) is 0 Å². The summed E-state index contributed by atoms with van der Waals surface area (Å²) >= 11 is 13.9. The third kappa shape index (κ3) is 39.7. The van der Waals surface area contributed by atoms with E-state index in [2.05, 4.69) is 35.3 Å². The number of halogens is 4. The largest absolute Gasteiger partial charge is 0.147 e. The molecule has 0 aliphatic carbocycles. The molecule has 0 aromatic heterocycles. The molecule has 1 nitrogen and oxygen atoms in total. The number of hydrogen-bond acceptors (Lipinski definition) is 1. The van der Waals surface area contributed by atoms with E-state index in [0.29, 0.717) is 3.46 Å². The molecule has 0 unspecified atom stereocenters. The molecule has 5 heavy (non-hydrogen) atoms. The maximum absolute atomic E-state index is 4.64.